The lowest BCUT2D eigenvalue weighted by molar-refractivity contribution is -0.0699. The van der Waals surface area contributed by atoms with Crippen molar-refractivity contribution in [3.63, 3.8) is 0 Å². The Labute approximate surface area is 225 Å². The summed E-state index contributed by atoms with van der Waals surface area (Å²) in [6.45, 7) is 8.45. The van der Waals surface area contributed by atoms with Crippen molar-refractivity contribution < 1.29 is 13.9 Å². The lowest BCUT2D eigenvalue weighted by Crippen LogP contribution is -2.42. The number of hydrogen-bond donors (Lipinski definition) is 3. The SMILES string of the molecule is COC[C@H](C)N[C@H]1CC[C@H](Nc2cc(-c3ccc(F)c(NC[C@@H]4CCOC(C)(C)C4)n3)c(Cl)cn2)CC1. The predicted octanol–water partition coefficient (Wildman–Crippen LogP) is 5.90. The first kappa shape index (κ1) is 28.0. The van der Waals surface area contributed by atoms with Crippen LogP contribution in [-0.4, -0.2) is 60.6 Å². The number of ether oxygens (including phenoxy) is 2. The van der Waals surface area contributed by atoms with E-state index in [-0.39, 0.29) is 17.2 Å². The molecular formula is C28H41ClFN5O2. The summed E-state index contributed by atoms with van der Waals surface area (Å²) in [5.41, 5.74) is 1.20. The molecule has 3 heterocycles. The van der Waals surface area contributed by atoms with Crippen LogP contribution in [0.25, 0.3) is 11.3 Å². The number of nitrogens with zero attached hydrogens (tertiary/aromatic N) is 2. The minimum Gasteiger partial charge on any atom is -0.383 e. The maximum Gasteiger partial charge on any atom is 0.165 e. The van der Waals surface area contributed by atoms with Crippen molar-refractivity contribution in [2.24, 2.45) is 5.92 Å². The number of aromatic nitrogens is 2. The van der Waals surface area contributed by atoms with E-state index in [1.807, 2.05) is 6.07 Å². The summed E-state index contributed by atoms with van der Waals surface area (Å²) in [6.07, 6.45) is 7.84. The summed E-state index contributed by atoms with van der Waals surface area (Å²) in [7, 11) is 1.74. The molecule has 204 valence electrons. The molecule has 3 N–H and O–H groups in total. The fourth-order valence-corrected chi connectivity index (χ4v) is 5.72. The van der Waals surface area contributed by atoms with E-state index in [1.54, 1.807) is 19.4 Å². The molecular weight excluding hydrogens is 493 g/mol. The number of rotatable bonds is 10. The van der Waals surface area contributed by atoms with Crippen LogP contribution < -0.4 is 16.0 Å². The van der Waals surface area contributed by atoms with Gasteiger partial charge in [0.25, 0.3) is 0 Å². The quantitative estimate of drug-likeness (QED) is 0.351. The standard InChI is InChI=1S/C28H41ClFN5O2/c1-18(17-36-4)33-20-5-7-21(8-6-20)34-26-13-22(23(29)16-31-26)25-10-9-24(30)27(35-25)32-15-19-11-12-37-28(2,3)14-19/h9-10,13,16,18-21,33H,5-8,11-12,14-15,17H2,1-4H3,(H,31,34)(H,32,35)/t18-,19+,20-,21-/m0/s1. The third-order valence-corrected chi connectivity index (χ3v) is 7.65. The van der Waals surface area contributed by atoms with Crippen LogP contribution in [0.15, 0.2) is 24.4 Å². The number of anilines is 2. The van der Waals surface area contributed by atoms with E-state index in [0.717, 1.165) is 63.1 Å². The molecule has 9 heteroatoms. The Morgan fingerprint density at radius 1 is 1.19 bits per heavy atom. The number of halogens is 2. The van der Waals surface area contributed by atoms with Crippen molar-refractivity contribution in [2.45, 2.75) is 83.0 Å². The van der Waals surface area contributed by atoms with Crippen LogP contribution in [0.3, 0.4) is 0 Å². The van der Waals surface area contributed by atoms with E-state index in [9.17, 15) is 4.39 Å². The van der Waals surface area contributed by atoms with Crippen molar-refractivity contribution in [1.82, 2.24) is 15.3 Å². The van der Waals surface area contributed by atoms with Gasteiger partial charge in [-0.3, -0.25) is 0 Å². The third kappa shape index (κ3) is 7.99. The molecule has 1 saturated carbocycles. The second-order valence-corrected chi connectivity index (χ2v) is 11.5. The molecule has 1 aliphatic carbocycles. The fraction of sp³-hybridized carbons (Fsp3) is 0.643. The lowest BCUT2D eigenvalue weighted by Gasteiger charge is -2.35. The molecule has 7 nitrogen and oxygen atoms in total. The van der Waals surface area contributed by atoms with Crippen LogP contribution >= 0.6 is 11.6 Å². The monoisotopic (exact) mass is 533 g/mol. The second-order valence-electron chi connectivity index (χ2n) is 11.1. The number of hydrogen-bond acceptors (Lipinski definition) is 7. The summed E-state index contributed by atoms with van der Waals surface area (Å²) in [6, 6.07) is 6.24. The Balaban J connectivity index is 1.38. The molecule has 0 spiro atoms. The van der Waals surface area contributed by atoms with Gasteiger partial charge in [-0.25, -0.2) is 14.4 Å². The van der Waals surface area contributed by atoms with E-state index in [1.165, 1.54) is 6.07 Å². The van der Waals surface area contributed by atoms with Crippen molar-refractivity contribution in [3.05, 3.63) is 35.2 Å². The molecule has 37 heavy (non-hydrogen) atoms. The van der Waals surface area contributed by atoms with Crippen molar-refractivity contribution in [3.8, 4) is 11.3 Å². The molecule has 2 atom stereocenters. The topological polar surface area (TPSA) is 80.3 Å². The highest BCUT2D eigenvalue weighted by Crippen LogP contribution is 2.32. The lowest BCUT2D eigenvalue weighted by atomic mass is 9.88. The van der Waals surface area contributed by atoms with Gasteiger partial charge in [-0.1, -0.05) is 11.6 Å². The maximum absolute atomic E-state index is 14.6. The van der Waals surface area contributed by atoms with Crippen LogP contribution in [0, 0.1) is 11.7 Å². The van der Waals surface area contributed by atoms with E-state index < -0.39 is 0 Å². The van der Waals surface area contributed by atoms with E-state index in [0.29, 0.717) is 41.3 Å². The first-order valence-corrected chi connectivity index (χ1v) is 13.8. The summed E-state index contributed by atoms with van der Waals surface area (Å²) in [5, 5.41) is 10.9. The first-order chi connectivity index (χ1) is 17.7. The van der Waals surface area contributed by atoms with Crippen molar-refractivity contribution in [1.29, 1.82) is 0 Å². The largest absolute Gasteiger partial charge is 0.383 e. The van der Waals surface area contributed by atoms with Gasteiger partial charge in [0.2, 0.25) is 0 Å². The molecule has 1 aliphatic heterocycles. The molecule has 0 bridgehead atoms. The van der Waals surface area contributed by atoms with Gasteiger partial charge < -0.3 is 25.4 Å². The molecule has 2 aliphatic rings. The van der Waals surface area contributed by atoms with Gasteiger partial charge in [0.15, 0.2) is 11.6 Å². The second kappa shape index (κ2) is 12.7. The summed E-state index contributed by atoms with van der Waals surface area (Å²) >= 11 is 6.51. The number of methoxy groups -OCH3 is 1. The van der Waals surface area contributed by atoms with Crippen LogP contribution in [0.2, 0.25) is 5.02 Å². The Hall–Kier alpha value is -2.00. The number of nitrogens with one attached hydrogen (secondary N) is 3. The van der Waals surface area contributed by atoms with Crippen LogP contribution in [-0.2, 0) is 9.47 Å². The normalized spacial score (nSPS) is 24.4. The Bertz CT molecular complexity index is 1030. The molecule has 0 aromatic carbocycles. The minimum absolute atomic E-state index is 0.148. The zero-order chi connectivity index (χ0) is 26.4. The van der Waals surface area contributed by atoms with Crippen LogP contribution in [0.1, 0.15) is 59.3 Å². The fourth-order valence-electron chi connectivity index (χ4n) is 5.52. The van der Waals surface area contributed by atoms with Crippen LogP contribution in [0.5, 0.6) is 0 Å². The van der Waals surface area contributed by atoms with E-state index in [2.05, 4.69) is 46.7 Å². The molecule has 2 aromatic heterocycles. The van der Waals surface area contributed by atoms with Gasteiger partial charge in [-0.05, 0) is 83.4 Å². The van der Waals surface area contributed by atoms with Gasteiger partial charge in [-0.2, -0.15) is 0 Å². The highest BCUT2D eigenvalue weighted by Gasteiger charge is 2.29. The van der Waals surface area contributed by atoms with Crippen LogP contribution in [0.4, 0.5) is 16.0 Å². The van der Waals surface area contributed by atoms with E-state index >= 15 is 0 Å². The van der Waals surface area contributed by atoms with Gasteiger partial charge in [0, 0.05) is 50.1 Å². The highest BCUT2D eigenvalue weighted by atomic mass is 35.5. The molecule has 2 fully saturated rings. The Morgan fingerprint density at radius 3 is 2.68 bits per heavy atom. The zero-order valence-corrected chi connectivity index (χ0v) is 23.2. The average molecular weight is 534 g/mol. The van der Waals surface area contributed by atoms with E-state index in [4.69, 9.17) is 21.1 Å². The van der Waals surface area contributed by atoms with Gasteiger partial charge in [0.05, 0.1) is 22.9 Å². The Kier molecular flexibility index (Phi) is 9.62. The average Bonchev–Trinajstić information content (AvgIpc) is 2.85. The van der Waals surface area contributed by atoms with Gasteiger partial charge >= 0.3 is 0 Å². The molecule has 0 amide bonds. The van der Waals surface area contributed by atoms with Crippen molar-refractivity contribution >= 4 is 23.2 Å². The molecule has 0 radical (unpaired) electrons. The molecule has 1 saturated heterocycles. The smallest absolute Gasteiger partial charge is 0.165 e. The van der Waals surface area contributed by atoms with Gasteiger partial charge in [0.1, 0.15) is 5.82 Å². The van der Waals surface area contributed by atoms with Gasteiger partial charge in [-0.15, -0.1) is 0 Å². The highest BCUT2D eigenvalue weighted by molar-refractivity contribution is 6.33. The van der Waals surface area contributed by atoms with Crippen molar-refractivity contribution in [2.75, 3.05) is 37.5 Å². The number of pyridine rings is 2. The summed E-state index contributed by atoms with van der Waals surface area (Å²) in [5.74, 6) is 1.04. The first-order valence-electron chi connectivity index (χ1n) is 13.4. The summed E-state index contributed by atoms with van der Waals surface area (Å²) in [4.78, 5) is 9.09. The minimum atomic E-state index is -0.371. The molecule has 0 unspecified atom stereocenters. The summed E-state index contributed by atoms with van der Waals surface area (Å²) < 4.78 is 25.7. The molecule has 2 aromatic rings. The molecule has 4 rings (SSSR count). The Morgan fingerprint density at radius 2 is 1.95 bits per heavy atom. The zero-order valence-electron chi connectivity index (χ0n) is 22.4. The maximum atomic E-state index is 14.6. The predicted molar refractivity (Wildman–Crippen MR) is 148 cm³/mol. The third-order valence-electron chi connectivity index (χ3n) is 7.35.